The molecular weight excluding hydrogens is 202 g/mol. The van der Waals surface area contributed by atoms with E-state index in [-0.39, 0.29) is 18.3 Å². The third-order valence-corrected chi connectivity index (χ3v) is 2.23. The molecular formula is C9H15NO5. The molecule has 0 saturated carbocycles. The van der Waals surface area contributed by atoms with Crippen molar-refractivity contribution in [1.29, 1.82) is 0 Å². The van der Waals surface area contributed by atoms with Gasteiger partial charge in [0.25, 0.3) is 0 Å². The number of esters is 1. The van der Waals surface area contributed by atoms with Crippen molar-refractivity contribution < 1.29 is 23.8 Å². The lowest BCUT2D eigenvalue weighted by Gasteiger charge is -2.20. The molecule has 0 spiro atoms. The predicted molar refractivity (Wildman–Crippen MR) is 50.1 cm³/mol. The zero-order chi connectivity index (χ0) is 11.4. The van der Waals surface area contributed by atoms with Gasteiger partial charge in [0, 0.05) is 20.5 Å². The fraction of sp³-hybridized carbons (Fsp3) is 0.778. The Hall–Kier alpha value is -1.30. The van der Waals surface area contributed by atoms with E-state index in [0.29, 0.717) is 13.0 Å². The molecule has 0 aromatic rings. The number of nitrogens with zero attached hydrogens (tertiary/aromatic N) is 1. The Morgan fingerprint density at radius 1 is 1.33 bits per heavy atom. The average Bonchev–Trinajstić information content (AvgIpc) is 2.58. The zero-order valence-electron chi connectivity index (χ0n) is 9.06. The predicted octanol–water partition coefficient (Wildman–Crippen LogP) is 0.363. The van der Waals surface area contributed by atoms with Crippen molar-refractivity contribution in [3.8, 4) is 0 Å². The SMILES string of the molecule is COC(=O)N1C[C@H](OC(C)=O)C[C@H]1OC. The third kappa shape index (κ3) is 2.82. The highest BCUT2D eigenvalue weighted by atomic mass is 16.6. The van der Waals surface area contributed by atoms with E-state index >= 15 is 0 Å². The quantitative estimate of drug-likeness (QED) is 0.625. The zero-order valence-corrected chi connectivity index (χ0v) is 9.06. The molecule has 1 rings (SSSR count). The molecule has 2 atom stereocenters. The molecule has 0 aromatic carbocycles. The highest BCUT2D eigenvalue weighted by molar-refractivity contribution is 5.69. The highest BCUT2D eigenvalue weighted by Crippen LogP contribution is 2.21. The van der Waals surface area contributed by atoms with Gasteiger partial charge in [-0.15, -0.1) is 0 Å². The van der Waals surface area contributed by atoms with Crippen molar-refractivity contribution in [3.63, 3.8) is 0 Å². The van der Waals surface area contributed by atoms with E-state index in [1.165, 1.54) is 26.0 Å². The van der Waals surface area contributed by atoms with Gasteiger partial charge in [-0.3, -0.25) is 9.69 Å². The number of carbonyl (C=O) groups excluding carboxylic acids is 2. The maximum Gasteiger partial charge on any atom is 0.411 e. The number of amides is 1. The van der Waals surface area contributed by atoms with Gasteiger partial charge in [0.2, 0.25) is 0 Å². The molecule has 0 radical (unpaired) electrons. The van der Waals surface area contributed by atoms with Crippen LogP contribution in [0.3, 0.4) is 0 Å². The lowest BCUT2D eigenvalue weighted by atomic mass is 10.3. The van der Waals surface area contributed by atoms with E-state index in [9.17, 15) is 9.59 Å². The van der Waals surface area contributed by atoms with E-state index in [0.717, 1.165) is 0 Å². The van der Waals surface area contributed by atoms with Crippen LogP contribution in [0.15, 0.2) is 0 Å². The summed E-state index contributed by atoms with van der Waals surface area (Å²) < 4.78 is 14.7. The second kappa shape index (κ2) is 4.97. The van der Waals surface area contributed by atoms with Crippen LogP contribution >= 0.6 is 0 Å². The Balaban J connectivity index is 2.58. The number of hydrogen-bond donors (Lipinski definition) is 0. The number of carbonyl (C=O) groups is 2. The molecule has 0 unspecified atom stereocenters. The summed E-state index contributed by atoms with van der Waals surface area (Å²) in [5.41, 5.74) is 0. The summed E-state index contributed by atoms with van der Waals surface area (Å²) in [6.45, 7) is 1.65. The lowest BCUT2D eigenvalue weighted by molar-refractivity contribution is -0.145. The van der Waals surface area contributed by atoms with Crippen LogP contribution in [0.2, 0.25) is 0 Å². The third-order valence-electron chi connectivity index (χ3n) is 2.23. The number of ether oxygens (including phenoxy) is 3. The first-order valence-electron chi connectivity index (χ1n) is 4.63. The molecule has 0 aliphatic carbocycles. The smallest absolute Gasteiger partial charge is 0.411 e. The Labute approximate surface area is 88.1 Å². The standard InChI is InChI=1S/C9H15NO5/c1-6(11)15-7-4-8(13-2)10(5-7)9(12)14-3/h7-8H,4-5H2,1-3H3/t7-,8-/m1/s1. The van der Waals surface area contributed by atoms with E-state index in [1.807, 2.05) is 0 Å². The summed E-state index contributed by atoms with van der Waals surface area (Å²) in [6.07, 6.45) is -0.699. The molecule has 1 aliphatic heterocycles. The van der Waals surface area contributed by atoms with Gasteiger partial charge >= 0.3 is 12.1 Å². The van der Waals surface area contributed by atoms with Gasteiger partial charge in [-0.2, -0.15) is 0 Å². The van der Waals surface area contributed by atoms with E-state index < -0.39 is 6.09 Å². The van der Waals surface area contributed by atoms with Crippen molar-refractivity contribution in [3.05, 3.63) is 0 Å². The monoisotopic (exact) mass is 217 g/mol. The Morgan fingerprint density at radius 3 is 2.47 bits per heavy atom. The Morgan fingerprint density at radius 2 is 2.00 bits per heavy atom. The van der Waals surface area contributed by atoms with Crippen molar-refractivity contribution in [2.24, 2.45) is 0 Å². The second-order valence-corrected chi connectivity index (χ2v) is 3.28. The number of methoxy groups -OCH3 is 2. The molecule has 0 N–H and O–H groups in total. The first-order chi connectivity index (χ1) is 7.08. The lowest BCUT2D eigenvalue weighted by Crippen LogP contribution is -2.37. The summed E-state index contributed by atoms with van der Waals surface area (Å²) in [5, 5.41) is 0. The molecule has 6 heteroatoms. The van der Waals surface area contributed by atoms with Crippen LogP contribution in [0.25, 0.3) is 0 Å². The maximum atomic E-state index is 11.3. The first-order valence-corrected chi connectivity index (χ1v) is 4.63. The number of hydrogen-bond acceptors (Lipinski definition) is 5. The normalized spacial score (nSPS) is 25.1. The maximum absolute atomic E-state index is 11.3. The summed E-state index contributed by atoms with van der Waals surface area (Å²) >= 11 is 0. The number of rotatable bonds is 2. The van der Waals surface area contributed by atoms with E-state index in [4.69, 9.17) is 9.47 Å². The minimum Gasteiger partial charge on any atom is -0.460 e. The number of likely N-dealkylation sites (tertiary alicyclic amines) is 1. The van der Waals surface area contributed by atoms with Gasteiger partial charge in [0.15, 0.2) is 0 Å². The van der Waals surface area contributed by atoms with Crippen molar-refractivity contribution in [2.45, 2.75) is 25.7 Å². The summed E-state index contributed by atoms with van der Waals surface area (Å²) in [7, 11) is 2.80. The molecule has 15 heavy (non-hydrogen) atoms. The summed E-state index contributed by atoms with van der Waals surface area (Å²) in [4.78, 5) is 23.4. The van der Waals surface area contributed by atoms with Gasteiger partial charge in [-0.05, 0) is 0 Å². The van der Waals surface area contributed by atoms with Crippen molar-refractivity contribution in [1.82, 2.24) is 4.90 Å². The van der Waals surface area contributed by atoms with Crippen LogP contribution in [0, 0.1) is 0 Å². The average molecular weight is 217 g/mol. The topological polar surface area (TPSA) is 65.1 Å². The summed E-state index contributed by atoms with van der Waals surface area (Å²) in [5.74, 6) is -0.360. The van der Waals surface area contributed by atoms with E-state index in [2.05, 4.69) is 4.74 Å². The summed E-state index contributed by atoms with van der Waals surface area (Å²) in [6, 6.07) is 0. The van der Waals surface area contributed by atoms with E-state index in [1.54, 1.807) is 0 Å². The van der Waals surface area contributed by atoms with Gasteiger partial charge in [-0.25, -0.2) is 4.79 Å². The van der Waals surface area contributed by atoms with Crippen LogP contribution in [-0.2, 0) is 19.0 Å². The molecule has 1 fully saturated rings. The van der Waals surface area contributed by atoms with Gasteiger partial charge in [0.1, 0.15) is 12.3 Å². The largest absolute Gasteiger partial charge is 0.460 e. The molecule has 0 bridgehead atoms. The molecule has 1 saturated heterocycles. The van der Waals surface area contributed by atoms with Crippen molar-refractivity contribution >= 4 is 12.1 Å². The fourth-order valence-corrected chi connectivity index (χ4v) is 1.62. The minimum absolute atomic E-state index is 0.310. The van der Waals surface area contributed by atoms with Gasteiger partial charge in [0.05, 0.1) is 13.7 Å². The first kappa shape index (κ1) is 11.8. The van der Waals surface area contributed by atoms with Crippen molar-refractivity contribution in [2.75, 3.05) is 20.8 Å². The molecule has 1 heterocycles. The van der Waals surface area contributed by atoms with Crippen LogP contribution in [0.4, 0.5) is 4.79 Å². The van der Waals surface area contributed by atoms with Crippen LogP contribution in [0.1, 0.15) is 13.3 Å². The molecule has 86 valence electrons. The molecule has 6 nitrogen and oxygen atoms in total. The highest BCUT2D eigenvalue weighted by Gasteiger charge is 2.37. The Bertz CT molecular complexity index is 255. The minimum atomic E-state index is -0.475. The van der Waals surface area contributed by atoms with Gasteiger partial charge in [-0.1, -0.05) is 0 Å². The van der Waals surface area contributed by atoms with Crippen LogP contribution < -0.4 is 0 Å². The van der Waals surface area contributed by atoms with Gasteiger partial charge < -0.3 is 14.2 Å². The van der Waals surface area contributed by atoms with Crippen LogP contribution in [0.5, 0.6) is 0 Å². The Kier molecular flexibility index (Phi) is 3.90. The van der Waals surface area contributed by atoms with Crippen LogP contribution in [-0.4, -0.2) is 50.1 Å². The molecule has 0 aromatic heterocycles. The molecule has 1 aliphatic rings. The fourth-order valence-electron chi connectivity index (χ4n) is 1.62. The second-order valence-electron chi connectivity index (χ2n) is 3.28. The molecule has 1 amide bonds.